The summed E-state index contributed by atoms with van der Waals surface area (Å²) in [6.45, 7) is 4.89. The van der Waals surface area contributed by atoms with Gasteiger partial charge < -0.3 is 10.6 Å². The molecule has 1 aromatic carbocycles. The zero-order valence-electron chi connectivity index (χ0n) is 12.6. The van der Waals surface area contributed by atoms with Gasteiger partial charge in [0.1, 0.15) is 15.7 Å². The largest absolute Gasteiger partial charge is 0.357 e. The second-order valence-corrected chi connectivity index (χ2v) is 7.10. The smallest absolute Gasteiger partial charge is 0.191 e. The summed E-state index contributed by atoms with van der Waals surface area (Å²) in [6, 6.07) is 4.99. The molecule has 0 spiro atoms. The highest BCUT2D eigenvalue weighted by Crippen LogP contribution is 2.09. The molecule has 0 unspecified atom stereocenters. The second-order valence-electron chi connectivity index (χ2n) is 4.84. The van der Waals surface area contributed by atoms with E-state index in [1.807, 2.05) is 13.0 Å². The van der Waals surface area contributed by atoms with Crippen LogP contribution in [0.25, 0.3) is 0 Å². The van der Waals surface area contributed by atoms with Gasteiger partial charge in [0, 0.05) is 19.3 Å². The van der Waals surface area contributed by atoms with Crippen LogP contribution in [0.3, 0.4) is 0 Å². The number of guanidine groups is 1. The highest BCUT2D eigenvalue weighted by atomic mass is 32.2. The van der Waals surface area contributed by atoms with Gasteiger partial charge in [0.25, 0.3) is 0 Å². The number of halogens is 1. The molecule has 0 atom stereocenters. The minimum atomic E-state index is -3.01. The zero-order chi connectivity index (χ0) is 15.9. The predicted molar refractivity (Wildman–Crippen MR) is 83.7 cm³/mol. The van der Waals surface area contributed by atoms with Crippen LogP contribution in [0.1, 0.15) is 18.1 Å². The number of aryl methyl sites for hydroxylation is 1. The third kappa shape index (κ3) is 7.08. The number of rotatable bonds is 6. The van der Waals surface area contributed by atoms with Crippen LogP contribution in [0.15, 0.2) is 23.2 Å². The number of hydrogen-bond donors (Lipinski definition) is 2. The first-order chi connectivity index (χ1) is 9.81. The van der Waals surface area contributed by atoms with Gasteiger partial charge in [-0.2, -0.15) is 0 Å². The van der Waals surface area contributed by atoms with Crippen LogP contribution in [0.2, 0.25) is 0 Å². The monoisotopic (exact) mass is 315 g/mol. The molecule has 0 aliphatic heterocycles. The van der Waals surface area contributed by atoms with Crippen molar-refractivity contribution in [2.24, 2.45) is 4.99 Å². The fourth-order valence-corrected chi connectivity index (χ4v) is 2.07. The van der Waals surface area contributed by atoms with Gasteiger partial charge in [-0.05, 0) is 31.0 Å². The van der Waals surface area contributed by atoms with E-state index in [1.165, 1.54) is 12.3 Å². The van der Waals surface area contributed by atoms with E-state index < -0.39 is 9.84 Å². The second kappa shape index (κ2) is 7.97. The summed E-state index contributed by atoms with van der Waals surface area (Å²) in [7, 11) is -3.01. The maximum atomic E-state index is 13.4. The number of hydrogen-bond acceptors (Lipinski definition) is 3. The van der Waals surface area contributed by atoms with Crippen molar-refractivity contribution >= 4 is 15.8 Å². The van der Waals surface area contributed by atoms with Gasteiger partial charge in [0.15, 0.2) is 5.96 Å². The molecule has 0 fully saturated rings. The van der Waals surface area contributed by atoms with Crippen LogP contribution in [-0.2, 0) is 16.4 Å². The molecule has 21 heavy (non-hydrogen) atoms. The van der Waals surface area contributed by atoms with Gasteiger partial charge in [0.2, 0.25) is 0 Å². The molecular weight excluding hydrogens is 293 g/mol. The average molecular weight is 315 g/mol. The minimum Gasteiger partial charge on any atom is -0.357 e. The quantitative estimate of drug-likeness (QED) is 0.612. The van der Waals surface area contributed by atoms with E-state index in [4.69, 9.17) is 0 Å². The zero-order valence-corrected chi connectivity index (χ0v) is 13.4. The van der Waals surface area contributed by atoms with E-state index in [2.05, 4.69) is 15.6 Å². The first-order valence-corrected chi connectivity index (χ1v) is 8.83. The van der Waals surface area contributed by atoms with E-state index in [9.17, 15) is 12.8 Å². The molecule has 0 bridgehead atoms. The number of aliphatic imine (C=N–C) groups is 1. The Labute approximate surface area is 125 Å². The average Bonchev–Trinajstić information content (AvgIpc) is 2.38. The van der Waals surface area contributed by atoms with Gasteiger partial charge in [-0.15, -0.1) is 0 Å². The van der Waals surface area contributed by atoms with Crippen LogP contribution < -0.4 is 10.6 Å². The third-order valence-corrected chi connectivity index (χ3v) is 3.71. The normalized spacial score (nSPS) is 12.3. The number of sulfone groups is 1. The lowest BCUT2D eigenvalue weighted by atomic mass is 10.1. The van der Waals surface area contributed by atoms with Crippen molar-refractivity contribution < 1.29 is 12.8 Å². The molecule has 2 N–H and O–H groups in total. The molecule has 0 aliphatic carbocycles. The van der Waals surface area contributed by atoms with Crippen LogP contribution >= 0.6 is 0 Å². The van der Waals surface area contributed by atoms with E-state index in [0.29, 0.717) is 24.6 Å². The van der Waals surface area contributed by atoms with E-state index >= 15 is 0 Å². The first-order valence-electron chi connectivity index (χ1n) is 6.76. The molecule has 0 amide bonds. The summed E-state index contributed by atoms with van der Waals surface area (Å²) in [4.78, 5) is 4.31. The molecule has 7 heteroatoms. The molecule has 0 saturated carbocycles. The van der Waals surface area contributed by atoms with Gasteiger partial charge in [-0.3, -0.25) is 0 Å². The number of nitrogens with one attached hydrogen (secondary N) is 2. The topological polar surface area (TPSA) is 70.6 Å². The lowest BCUT2D eigenvalue weighted by molar-refractivity contribution is 0.600. The molecule has 1 aromatic rings. The minimum absolute atomic E-state index is 0.0383. The fraction of sp³-hybridized carbons (Fsp3) is 0.500. The Bertz CT molecular complexity index is 600. The molecule has 0 aromatic heterocycles. The Kier molecular flexibility index (Phi) is 6.61. The molecule has 0 radical (unpaired) electrons. The van der Waals surface area contributed by atoms with Crippen LogP contribution in [0, 0.1) is 12.7 Å². The van der Waals surface area contributed by atoms with Crippen LogP contribution in [-0.4, -0.2) is 39.5 Å². The number of nitrogens with zero attached hydrogens (tertiary/aromatic N) is 1. The molecule has 0 aliphatic rings. The fourth-order valence-electron chi connectivity index (χ4n) is 1.60. The van der Waals surface area contributed by atoms with Crippen molar-refractivity contribution in [3.8, 4) is 0 Å². The molecule has 5 nitrogen and oxygen atoms in total. The Balaban J connectivity index is 2.64. The predicted octanol–water partition coefficient (Wildman–Crippen LogP) is 1.23. The van der Waals surface area contributed by atoms with E-state index in [-0.39, 0.29) is 18.1 Å². The maximum Gasteiger partial charge on any atom is 0.191 e. The van der Waals surface area contributed by atoms with Crippen LogP contribution in [0.5, 0.6) is 0 Å². The maximum absolute atomic E-state index is 13.4. The summed E-state index contributed by atoms with van der Waals surface area (Å²) in [6.07, 6.45) is 1.19. The first kappa shape index (κ1) is 17.4. The molecule has 1 rings (SSSR count). The highest BCUT2D eigenvalue weighted by molar-refractivity contribution is 7.90. The van der Waals surface area contributed by atoms with Crippen molar-refractivity contribution in [1.29, 1.82) is 0 Å². The molecule has 0 heterocycles. The Morgan fingerprint density at radius 1 is 1.33 bits per heavy atom. The Morgan fingerprint density at radius 2 is 2.05 bits per heavy atom. The molecule has 0 saturated heterocycles. The van der Waals surface area contributed by atoms with Gasteiger partial charge in [-0.1, -0.05) is 12.1 Å². The summed E-state index contributed by atoms with van der Waals surface area (Å²) in [5, 5.41) is 5.95. The van der Waals surface area contributed by atoms with Crippen molar-refractivity contribution in [1.82, 2.24) is 10.6 Å². The van der Waals surface area contributed by atoms with Crippen LogP contribution in [0.4, 0.5) is 4.39 Å². The molecular formula is C14H22FN3O2S. The lowest BCUT2D eigenvalue weighted by Gasteiger charge is -2.10. The Morgan fingerprint density at radius 3 is 2.62 bits per heavy atom. The highest BCUT2D eigenvalue weighted by Gasteiger charge is 2.04. The Hall–Kier alpha value is -1.63. The molecule has 118 valence electrons. The van der Waals surface area contributed by atoms with E-state index in [1.54, 1.807) is 13.0 Å². The van der Waals surface area contributed by atoms with Gasteiger partial charge in [-0.25, -0.2) is 17.8 Å². The SMILES string of the molecule is CCNC(=NCc1ccc(C)c(F)c1)NCCS(C)(=O)=O. The standard InChI is InChI=1S/C14H22FN3O2S/c1-4-16-14(17-7-8-21(3,19)20)18-10-12-6-5-11(2)13(15)9-12/h5-6,9H,4,7-8,10H2,1-3H3,(H2,16,17,18). The summed E-state index contributed by atoms with van der Waals surface area (Å²) >= 11 is 0. The van der Waals surface area contributed by atoms with Gasteiger partial charge in [0.05, 0.1) is 12.3 Å². The third-order valence-electron chi connectivity index (χ3n) is 2.77. The summed E-state index contributed by atoms with van der Waals surface area (Å²) in [5.74, 6) is 0.302. The van der Waals surface area contributed by atoms with Crippen molar-refractivity contribution in [2.75, 3.05) is 25.1 Å². The summed E-state index contributed by atoms with van der Waals surface area (Å²) < 4.78 is 35.6. The lowest BCUT2D eigenvalue weighted by Crippen LogP contribution is -2.39. The van der Waals surface area contributed by atoms with Crippen molar-refractivity contribution in [2.45, 2.75) is 20.4 Å². The van der Waals surface area contributed by atoms with Gasteiger partial charge >= 0.3 is 0 Å². The van der Waals surface area contributed by atoms with Crippen molar-refractivity contribution in [3.63, 3.8) is 0 Å². The van der Waals surface area contributed by atoms with E-state index in [0.717, 1.165) is 5.56 Å². The number of benzene rings is 1. The van der Waals surface area contributed by atoms with Crippen molar-refractivity contribution in [3.05, 3.63) is 35.1 Å². The summed E-state index contributed by atoms with van der Waals surface area (Å²) in [5.41, 5.74) is 1.36.